The van der Waals surface area contributed by atoms with Crippen LogP contribution in [0.2, 0.25) is 0 Å². The van der Waals surface area contributed by atoms with Crippen LogP contribution in [0, 0.1) is 0 Å². The van der Waals surface area contributed by atoms with Crippen molar-refractivity contribution in [1.29, 1.82) is 0 Å². The van der Waals surface area contributed by atoms with Crippen molar-refractivity contribution < 1.29 is 5.11 Å². The summed E-state index contributed by atoms with van der Waals surface area (Å²) < 4.78 is 1.35. The molecule has 0 aromatic carbocycles. The predicted octanol–water partition coefficient (Wildman–Crippen LogP) is 3.03. The topological polar surface area (TPSA) is 20.2 Å². The van der Waals surface area contributed by atoms with Gasteiger partial charge in [-0.3, -0.25) is 0 Å². The van der Waals surface area contributed by atoms with E-state index in [1.807, 2.05) is 11.5 Å². The fourth-order valence-corrected chi connectivity index (χ4v) is 3.71. The molecule has 0 radical (unpaired) electrons. The molecule has 1 aliphatic rings. The van der Waals surface area contributed by atoms with Crippen LogP contribution in [0.4, 0.5) is 0 Å². The van der Waals surface area contributed by atoms with Crippen LogP contribution in [0.25, 0.3) is 0 Å². The molecule has 2 heterocycles. The lowest BCUT2D eigenvalue weighted by Crippen LogP contribution is -1.64. The molecule has 1 nitrogen and oxygen atoms in total. The zero-order valence-electron chi connectivity index (χ0n) is 5.77. The van der Waals surface area contributed by atoms with Crippen molar-refractivity contribution in [3.8, 4) is 0 Å². The molecule has 1 aromatic heterocycles. The summed E-state index contributed by atoms with van der Waals surface area (Å²) in [5, 5.41) is 15.1. The van der Waals surface area contributed by atoms with E-state index in [2.05, 4.69) is 16.9 Å². The van der Waals surface area contributed by atoms with Gasteiger partial charge in [0.05, 0.1) is 0 Å². The standard InChI is InChI=1S/C8H8OS2/c9-7-3-5-11(6-7)8-2-1-4-10-8/h1-6,9,11H. The molecular weight excluding hydrogens is 176 g/mol. The second-order valence-corrected chi connectivity index (χ2v) is 5.33. The number of aliphatic hydroxyl groups is 1. The van der Waals surface area contributed by atoms with Gasteiger partial charge in [-0.2, -0.15) is 10.9 Å². The second kappa shape index (κ2) is 2.75. The smallest absolute Gasteiger partial charge is 0.121 e. The maximum Gasteiger partial charge on any atom is 0.121 e. The molecule has 58 valence electrons. The molecule has 1 unspecified atom stereocenters. The Balaban J connectivity index is 2.28. The van der Waals surface area contributed by atoms with Crippen molar-refractivity contribution in [2.24, 2.45) is 0 Å². The zero-order chi connectivity index (χ0) is 7.68. The largest absolute Gasteiger partial charge is 0.507 e. The van der Waals surface area contributed by atoms with Gasteiger partial charge in [-0.15, -0.1) is 11.3 Å². The molecule has 0 bridgehead atoms. The molecule has 1 aliphatic heterocycles. The molecule has 2 rings (SSSR count). The molecule has 0 amide bonds. The number of hydrogen-bond donors (Lipinski definition) is 2. The Kier molecular flexibility index (Phi) is 1.75. The molecule has 11 heavy (non-hydrogen) atoms. The molecule has 0 saturated heterocycles. The van der Waals surface area contributed by atoms with Gasteiger partial charge < -0.3 is 5.11 Å². The highest BCUT2D eigenvalue weighted by Gasteiger charge is 2.06. The van der Waals surface area contributed by atoms with Crippen LogP contribution < -0.4 is 0 Å². The third kappa shape index (κ3) is 1.34. The number of rotatable bonds is 1. The van der Waals surface area contributed by atoms with Crippen LogP contribution in [-0.2, 0) is 0 Å². The summed E-state index contributed by atoms with van der Waals surface area (Å²) in [6, 6.07) is 4.15. The van der Waals surface area contributed by atoms with Gasteiger partial charge in [0.25, 0.3) is 0 Å². The van der Waals surface area contributed by atoms with Gasteiger partial charge in [-0.1, -0.05) is 6.07 Å². The third-order valence-corrected chi connectivity index (χ3v) is 4.73. The first-order valence-corrected chi connectivity index (χ1v) is 5.63. The maximum atomic E-state index is 9.09. The molecular formula is C8H8OS2. The number of aliphatic hydroxyl groups excluding tert-OH is 1. The normalized spacial score (nSPS) is 25.5. The van der Waals surface area contributed by atoms with Crippen LogP contribution in [0.3, 0.4) is 0 Å². The van der Waals surface area contributed by atoms with Crippen molar-refractivity contribution in [3.05, 3.63) is 40.2 Å². The van der Waals surface area contributed by atoms with Crippen molar-refractivity contribution in [2.75, 3.05) is 0 Å². The predicted molar refractivity (Wildman–Crippen MR) is 51.4 cm³/mol. The SMILES string of the molecule is OC1=C[SH](c2cccs2)C=C1. The van der Waals surface area contributed by atoms with E-state index in [1.54, 1.807) is 17.4 Å². The summed E-state index contributed by atoms with van der Waals surface area (Å²) in [5.41, 5.74) is 0. The van der Waals surface area contributed by atoms with E-state index in [0.717, 1.165) is 0 Å². The number of thiophene rings is 1. The summed E-state index contributed by atoms with van der Waals surface area (Å²) in [7, 11) is -0.317. The van der Waals surface area contributed by atoms with Gasteiger partial charge in [0, 0.05) is 9.62 Å². The average molecular weight is 184 g/mol. The number of hydrogen-bond acceptors (Lipinski definition) is 2. The Morgan fingerprint density at radius 3 is 2.91 bits per heavy atom. The fourth-order valence-electron chi connectivity index (χ4n) is 0.939. The highest BCUT2D eigenvalue weighted by molar-refractivity contribution is 8.23. The molecule has 0 aliphatic carbocycles. The average Bonchev–Trinajstić information content (AvgIpc) is 2.55. The fraction of sp³-hybridized carbons (Fsp3) is 0. The third-order valence-electron chi connectivity index (χ3n) is 1.44. The number of allylic oxidation sites excluding steroid dienone is 1. The Morgan fingerprint density at radius 1 is 1.45 bits per heavy atom. The van der Waals surface area contributed by atoms with Gasteiger partial charge in [0.1, 0.15) is 5.76 Å². The van der Waals surface area contributed by atoms with E-state index in [9.17, 15) is 0 Å². The summed E-state index contributed by atoms with van der Waals surface area (Å²) in [6.45, 7) is 0. The van der Waals surface area contributed by atoms with Crippen LogP contribution in [-0.4, -0.2) is 5.11 Å². The first-order chi connectivity index (χ1) is 5.36. The van der Waals surface area contributed by atoms with Gasteiger partial charge in [0.15, 0.2) is 0 Å². The summed E-state index contributed by atoms with van der Waals surface area (Å²) in [5.74, 6) is 0.407. The Bertz CT molecular complexity index is 298. The quantitative estimate of drug-likeness (QED) is 0.643. The molecule has 3 heteroatoms. The van der Waals surface area contributed by atoms with Crippen LogP contribution in [0.5, 0.6) is 0 Å². The van der Waals surface area contributed by atoms with Gasteiger partial charge in [-0.05, 0) is 22.9 Å². The number of thiol groups is 1. The van der Waals surface area contributed by atoms with E-state index in [-0.39, 0.29) is 10.9 Å². The van der Waals surface area contributed by atoms with Crippen LogP contribution in [0.1, 0.15) is 0 Å². The van der Waals surface area contributed by atoms with Gasteiger partial charge in [0.2, 0.25) is 0 Å². The molecule has 1 atom stereocenters. The van der Waals surface area contributed by atoms with E-state index in [4.69, 9.17) is 5.11 Å². The Morgan fingerprint density at radius 2 is 2.36 bits per heavy atom. The maximum absolute atomic E-state index is 9.09. The van der Waals surface area contributed by atoms with Gasteiger partial charge in [-0.25, -0.2) is 0 Å². The molecule has 1 aromatic rings. The van der Waals surface area contributed by atoms with Gasteiger partial charge >= 0.3 is 0 Å². The van der Waals surface area contributed by atoms with Crippen LogP contribution in [0.15, 0.2) is 44.4 Å². The van der Waals surface area contributed by atoms with E-state index >= 15 is 0 Å². The van der Waals surface area contributed by atoms with Crippen molar-refractivity contribution in [2.45, 2.75) is 4.21 Å². The first kappa shape index (κ1) is 7.00. The first-order valence-electron chi connectivity index (χ1n) is 3.27. The summed E-state index contributed by atoms with van der Waals surface area (Å²) >= 11 is 1.74. The Hall–Kier alpha value is -0.670. The van der Waals surface area contributed by atoms with Crippen LogP contribution >= 0.6 is 22.2 Å². The van der Waals surface area contributed by atoms with E-state index in [0.29, 0.717) is 5.76 Å². The molecule has 0 fully saturated rings. The lowest BCUT2D eigenvalue weighted by molar-refractivity contribution is 0.435. The zero-order valence-corrected chi connectivity index (χ0v) is 7.48. The van der Waals surface area contributed by atoms with Crippen molar-refractivity contribution in [1.82, 2.24) is 0 Å². The minimum Gasteiger partial charge on any atom is -0.507 e. The van der Waals surface area contributed by atoms with E-state index in [1.165, 1.54) is 4.21 Å². The highest BCUT2D eigenvalue weighted by Crippen LogP contribution is 2.45. The van der Waals surface area contributed by atoms with Crippen molar-refractivity contribution >= 4 is 22.2 Å². The van der Waals surface area contributed by atoms with E-state index < -0.39 is 0 Å². The van der Waals surface area contributed by atoms with Crippen molar-refractivity contribution in [3.63, 3.8) is 0 Å². The summed E-state index contributed by atoms with van der Waals surface area (Å²) in [6.07, 6.45) is 1.77. The molecule has 1 N–H and O–H groups in total. The summed E-state index contributed by atoms with van der Waals surface area (Å²) in [4.78, 5) is 0. The highest BCUT2D eigenvalue weighted by atomic mass is 32.2. The molecule has 0 saturated carbocycles. The minimum atomic E-state index is -0.317. The lowest BCUT2D eigenvalue weighted by Gasteiger charge is -2.03. The second-order valence-electron chi connectivity index (χ2n) is 2.23. The Labute approximate surface area is 72.0 Å². The minimum absolute atomic E-state index is 0.317. The monoisotopic (exact) mass is 184 g/mol. The lowest BCUT2D eigenvalue weighted by atomic mass is 10.6. The molecule has 0 spiro atoms.